The topological polar surface area (TPSA) is 62.0 Å². The average molecular weight is 306 g/mol. The zero-order chi connectivity index (χ0) is 14.5. The molecule has 0 saturated carbocycles. The number of nitriles is 1. The Hall–Kier alpha value is -1.78. The minimum atomic E-state index is 0.548. The van der Waals surface area contributed by atoms with Gasteiger partial charge in [-0.25, -0.2) is 0 Å². The standard InChI is InChI=1S/C13H14N4OS2/c1-17(2)12-15-16-13(20-12)19-8-9-4-5-10(7-14)11(6-9)18-3/h4-6H,8H2,1-3H3. The highest BCUT2D eigenvalue weighted by molar-refractivity contribution is 8.00. The van der Waals surface area contributed by atoms with Crippen LogP contribution in [0.25, 0.3) is 0 Å². The van der Waals surface area contributed by atoms with Crippen molar-refractivity contribution in [2.24, 2.45) is 0 Å². The van der Waals surface area contributed by atoms with Gasteiger partial charge in [0.2, 0.25) is 5.13 Å². The highest BCUT2D eigenvalue weighted by Gasteiger charge is 2.08. The van der Waals surface area contributed by atoms with Gasteiger partial charge in [0.1, 0.15) is 11.8 Å². The molecule has 1 heterocycles. The van der Waals surface area contributed by atoms with Crippen LogP contribution in [-0.2, 0) is 5.75 Å². The molecule has 0 amide bonds. The predicted octanol–water partition coefficient (Wildman–Crippen LogP) is 2.78. The van der Waals surface area contributed by atoms with Gasteiger partial charge in [0.25, 0.3) is 0 Å². The molecule has 0 unspecified atom stereocenters. The molecule has 104 valence electrons. The molecule has 0 aliphatic heterocycles. The van der Waals surface area contributed by atoms with Crippen LogP contribution in [0.2, 0.25) is 0 Å². The van der Waals surface area contributed by atoms with E-state index in [0.717, 1.165) is 20.8 Å². The maximum atomic E-state index is 8.95. The Morgan fingerprint density at radius 3 is 2.80 bits per heavy atom. The number of aromatic nitrogens is 2. The minimum Gasteiger partial charge on any atom is -0.495 e. The second-order valence-corrected chi connectivity index (χ2v) is 6.36. The van der Waals surface area contributed by atoms with Crippen molar-refractivity contribution in [1.29, 1.82) is 5.26 Å². The number of rotatable bonds is 5. The molecule has 1 aromatic carbocycles. The molecular formula is C13H14N4OS2. The average Bonchev–Trinajstić information content (AvgIpc) is 2.94. The predicted molar refractivity (Wildman–Crippen MR) is 81.5 cm³/mol. The van der Waals surface area contributed by atoms with Crippen LogP contribution in [0, 0.1) is 11.3 Å². The van der Waals surface area contributed by atoms with Crippen LogP contribution in [0.4, 0.5) is 5.13 Å². The van der Waals surface area contributed by atoms with Gasteiger partial charge in [-0.3, -0.25) is 0 Å². The maximum absolute atomic E-state index is 8.95. The molecule has 0 fully saturated rings. The SMILES string of the molecule is COc1cc(CSc2nnc(N(C)C)s2)ccc1C#N. The lowest BCUT2D eigenvalue weighted by Crippen LogP contribution is -2.07. The second-order valence-electron chi connectivity index (χ2n) is 4.18. The number of nitrogens with zero attached hydrogens (tertiary/aromatic N) is 4. The van der Waals surface area contributed by atoms with Crippen LogP contribution < -0.4 is 9.64 Å². The normalized spacial score (nSPS) is 10.1. The van der Waals surface area contributed by atoms with E-state index in [0.29, 0.717) is 11.3 Å². The Balaban J connectivity index is 2.05. The number of thioether (sulfide) groups is 1. The zero-order valence-electron chi connectivity index (χ0n) is 11.5. The summed E-state index contributed by atoms with van der Waals surface area (Å²) in [5, 5.41) is 18.1. The third kappa shape index (κ3) is 3.40. The van der Waals surface area contributed by atoms with Crippen molar-refractivity contribution in [2.45, 2.75) is 10.1 Å². The molecule has 2 rings (SSSR count). The van der Waals surface area contributed by atoms with E-state index in [-0.39, 0.29) is 0 Å². The van der Waals surface area contributed by atoms with Gasteiger partial charge >= 0.3 is 0 Å². The highest BCUT2D eigenvalue weighted by Crippen LogP contribution is 2.30. The van der Waals surface area contributed by atoms with Crippen molar-refractivity contribution in [2.75, 3.05) is 26.1 Å². The first-order valence-corrected chi connectivity index (χ1v) is 7.65. The fraction of sp³-hybridized carbons (Fsp3) is 0.308. The van der Waals surface area contributed by atoms with E-state index < -0.39 is 0 Å². The summed E-state index contributed by atoms with van der Waals surface area (Å²) in [6.07, 6.45) is 0. The van der Waals surface area contributed by atoms with E-state index >= 15 is 0 Å². The van der Waals surface area contributed by atoms with E-state index in [9.17, 15) is 0 Å². The summed E-state index contributed by atoms with van der Waals surface area (Å²) in [5.74, 6) is 1.38. The van der Waals surface area contributed by atoms with Crippen molar-refractivity contribution >= 4 is 28.2 Å². The van der Waals surface area contributed by atoms with Crippen LogP contribution in [0.5, 0.6) is 5.75 Å². The lowest BCUT2D eigenvalue weighted by molar-refractivity contribution is 0.413. The molecule has 2 aromatic rings. The number of hydrogen-bond donors (Lipinski definition) is 0. The van der Waals surface area contributed by atoms with E-state index in [4.69, 9.17) is 10.00 Å². The van der Waals surface area contributed by atoms with Crippen LogP contribution >= 0.6 is 23.1 Å². The van der Waals surface area contributed by atoms with Crippen molar-refractivity contribution < 1.29 is 4.74 Å². The maximum Gasteiger partial charge on any atom is 0.208 e. The molecule has 7 heteroatoms. The molecule has 0 radical (unpaired) electrons. The Morgan fingerprint density at radius 1 is 1.40 bits per heavy atom. The lowest BCUT2D eigenvalue weighted by atomic mass is 10.1. The summed E-state index contributed by atoms with van der Waals surface area (Å²) in [6, 6.07) is 7.70. The van der Waals surface area contributed by atoms with E-state index in [1.807, 2.05) is 31.1 Å². The van der Waals surface area contributed by atoms with Crippen molar-refractivity contribution in [3.63, 3.8) is 0 Å². The first-order chi connectivity index (χ1) is 9.63. The van der Waals surface area contributed by atoms with Crippen molar-refractivity contribution in [3.05, 3.63) is 29.3 Å². The smallest absolute Gasteiger partial charge is 0.208 e. The number of benzene rings is 1. The van der Waals surface area contributed by atoms with Gasteiger partial charge < -0.3 is 9.64 Å². The van der Waals surface area contributed by atoms with Crippen LogP contribution in [0.3, 0.4) is 0 Å². The van der Waals surface area contributed by atoms with E-state index in [1.165, 1.54) is 0 Å². The molecule has 0 aliphatic rings. The minimum absolute atomic E-state index is 0.548. The van der Waals surface area contributed by atoms with E-state index in [2.05, 4.69) is 16.3 Å². The molecule has 0 spiro atoms. The van der Waals surface area contributed by atoms with Gasteiger partial charge in [-0.05, 0) is 17.7 Å². The fourth-order valence-electron chi connectivity index (χ4n) is 1.50. The summed E-state index contributed by atoms with van der Waals surface area (Å²) < 4.78 is 6.13. The third-order valence-electron chi connectivity index (χ3n) is 2.53. The molecular weight excluding hydrogens is 292 g/mol. The number of methoxy groups -OCH3 is 1. The molecule has 0 aliphatic carbocycles. The molecule has 0 N–H and O–H groups in total. The number of hydrogen-bond acceptors (Lipinski definition) is 7. The van der Waals surface area contributed by atoms with Gasteiger partial charge in [0, 0.05) is 19.8 Å². The summed E-state index contributed by atoms with van der Waals surface area (Å²) in [6.45, 7) is 0. The van der Waals surface area contributed by atoms with Crippen LogP contribution in [-0.4, -0.2) is 31.4 Å². The van der Waals surface area contributed by atoms with Gasteiger partial charge in [-0.1, -0.05) is 29.2 Å². The van der Waals surface area contributed by atoms with Gasteiger partial charge in [-0.15, -0.1) is 10.2 Å². The zero-order valence-corrected chi connectivity index (χ0v) is 13.1. The number of anilines is 1. The molecule has 20 heavy (non-hydrogen) atoms. The summed E-state index contributed by atoms with van der Waals surface area (Å²) in [5.41, 5.74) is 1.64. The van der Waals surface area contributed by atoms with Crippen LogP contribution in [0.1, 0.15) is 11.1 Å². The quantitative estimate of drug-likeness (QED) is 0.792. The monoisotopic (exact) mass is 306 g/mol. The Bertz CT molecular complexity index is 634. The van der Waals surface area contributed by atoms with Crippen LogP contribution in [0.15, 0.2) is 22.5 Å². The molecule has 1 aromatic heterocycles. The molecule has 0 saturated heterocycles. The largest absolute Gasteiger partial charge is 0.495 e. The summed E-state index contributed by atoms with van der Waals surface area (Å²) in [7, 11) is 5.46. The van der Waals surface area contributed by atoms with Gasteiger partial charge in [0.05, 0.1) is 12.7 Å². The summed E-state index contributed by atoms with van der Waals surface area (Å²) >= 11 is 3.19. The fourth-order valence-corrected chi connectivity index (χ4v) is 3.21. The first-order valence-electron chi connectivity index (χ1n) is 5.84. The molecule has 0 bridgehead atoms. The Morgan fingerprint density at radius 2 is 2.20 bits per heavy atom. The number of ether oxygens (including phenoxy) is 1. The first kappa shape index (κ1) is 14.6. The van der Waals surface area contributed by atoms with E-state index in [1.54, 1.807) is 36.3 Å². The van der Waals surface area contributed by atoms with Crippen molar-refractivity contribution in [3.8, 4) is 11.8 Å². The van der Waals surface area contributed by atoms with Gasteiger partial charge in [0.15, 0.2) is 4.34 Å². The molecule has 5 nitrogen and oxygen atoms in total. The summed E-state index contributed by atoms with van der Waals surface area (Å²) in [4.78, 5) is 1.94. The Kier molecular flexibility index (Phi) is 4.82. The highest BCUT2D eigenvalue weighted by atomic mass is 32.2. The molecule has 0 atom stereocenters. The Labute approximate surface area is 126 Å². The van der Waals surface area contributed by atoms with Crippen molar-refractivity contribution in [1.82, 2.24) is 10.2 Å². The lowest BCUT2D eigenvalue weighted by Gasteiger charge is -2.05. The third-order valence-corrected chi connectivity index (χ3v) is 4.82. The van der Waals surface area contributed by atoms with Gasteiger partial charge in [-0.2, -0.15) is 5.26 Å². The second kappa shape index (κ2) is 6.59.